The van der Waals surface area contributed by atoms with Crippen molar-refractivity contribution in [2.24, 2.45) is 5.92 Å². The molecule has 1 aromatic heterocycles. The summed E-state index contributed by atoms with van der Waals surface area (Å²) in [6, 6.07) is 10.3. The van der Waals surface area contributed by atoms with E-state index in [4.69, 9.17) is 0 Å². The van der Waals surface area contributed by atoms with Crippen molar-refractivity contribution < 1.29 is 5.11 Å². The average molecular weight is 390 g/mol. The second kappa shape index (κ2) is 6.85. The van der Waals surface area contributed by atoms with E-state index in [9.17, 15) is 5.11 Å². The maximum absolute atomic E-state index is 9.54. The van der Waals surface area contributed by atoms with Crippen molar-refractivity contribution in [3.8, 4) is 0 Å². The summed E-state index contributed by atoms with van der Waals surface area (Å²) in [4.78, 5) is 1.31. The normalized spacial score (nSPS) is 12.6. The van der Waals surface area contributed by atoms with Gasteiger partial charge in [-0.1, -0.05) is 34.1 Å². The highest BCUT2D eigenvalue weighted by Gasteiger charge is 2.13. The SMILES string of the molecule is OCC(Cc1ccccc1Br)Cc1sccc1Br. The number of aliphatic hydroxyl groups is 1. The lowest BCUT2D eigenvalue weighted by atomic mass is 9.96. The second-order valence-corrected chi connectivity index (χ2v) is 6.95. The summed E-state index contributed by atoms with van der Waals surface area (Å²) >= 11 is 8.84. The maximum atomic E-state index is 9.54. The Labute approximate surface area is 128 Å². The quantitative estimate of drug-likeness (QED) is 0.787. The number of thiophene rings is 1. The monoisotopic (exact) mass is 388 g/mol. The van der Waals surface area contributed by atoms with Gasteiger partial charge in [0.2, 0.25) is 0 Å². The first kappa shape index (κ1) is 14.3. The van der Waals surface area contributed by atoms with Crippen molar-refractivity contribution in [2.45, 2.75) is 12.8 Å². The van der Waals surface area contributed by atoms with Gasteiger partial charge in [0.1, 0.15) is 0 Å². The summed E-state index contributed by atoms with van der Waals surface area (Å²) in [7, 11) is 0. The van der Waals surface area contributed by atoms with Gasteiger partial charge in [-0.2, -0.15) is 0 Å². The molecule has 0 spiro atoms. The van der Waals surface area contributed by atoms with E-state index in [2.05, 4.69) is 49.4 Å². The van der Waals surface area contributed by atoms with Crippen LogP contribution in [0.1, 0.15) is 10.4 Å². The summed E-state index contributed by atoms with van der Waals surface area (Å²) in [6.45, 7) is 0.214. The predicted octanol–water partition coefficient (Wildman–Crippen LogP) is 4.67. The van der Waals surface area contributed by atoms with Crippen LogP contribution in [-0.4, -0.2) is 11.7 Å². The third-order valence-electron chi connectivity index (χ3n) is 2.89. The van der Waals surface area contributed by atoms with Crippen LogP contribution in [0, 0.1) is 5.92 Å². The number of hydrogen-bond acceptors (Lipinski definition) is 2. The van der Waals surface area contributed by atoms with Crippen LogP contribution in [0.5, 0.6) is 0 Å². The number of hydrogen-bond donors (Lipinski definition) is 1. The molecule has 18 heavy (non-hydrogen) atoms. The van der Waals surface area contributed by atoms with Gasteiger partial charge in [-0.25, -0.2) is 0 Å². The standard InChI is InChI=1S/C14H14Br2OS/c15-12-4-2-1-3-11(12)7-10(9-17)8-14-13(16)5-6-18-14/h1-6,10,17H,7-9H2. The van der Waals surface area contributed by atoms with Crippen LogP contribution in [0.3, 0.4) is 0 Å². The van der Waals surface area contributed by atoms with Crippen molar-refractivity contribution >= 4 is 43.2 Å². The molecule has 1 nitrogen and oxygen atoms in total. The fourth-order valence-corrected chi connectivity index (χ4v) is 3.99. The summed E-state index contributed by atoms with van der Waals surface area (Å²) in [6.07, 6.45) is 1.80. The van der Waals surface area contributed by atoms with E-state index >= 15 is 0 Å². The molecule has 96 valence electrons. The molecule has 0 aliphatic rings. The van der Waals surface area contributed by atoms with E-state index < -0.39 is 0 Å². The number of halogens is 2. The fraction of sp³-hybridized carbons (Fsp3) is 0.286. The molecule has 0 bridgehead atoms. The molecule has 2 aromatic rings. The lowest BCUT2D eigenvalue weighted by Gasteiger charge is -2.14. The van der Waals surface area contributed by atoms with Gasteiger partial charge in [-0.05, 0) is 57.8 Å². The molecule has 1 heterocycles. The Morgan fingerprint density at radius 2 is 1.83 bits per heavy atom. The van der Waals surface area contributed by atoms with E-state index in [1.54, 1.807) is 11.3 Å². The Kier molecular flexibility index (Phi) is 5.42. The number of aliphatic hydroxyl groups excluding tert-OH is 1. The Bertz CT molecular complexity index is 510. The first-order valence-corrected chi connectivity index (χ1v) is 8.23. The Morgan fingerprint density at radius 1 is 1.06 bits per heavy atom. The summed E-state index contributed by atoms with van der Waals surface area (Å²) in [5.41, 5.74) is 1.25. The smallest absolute Gasteiger partial charge is 0.0465 e. The third-order valence-corrected chi connectivity index (χ3v) is 5.61. The van der Waals surface area contributed by atoms with Crippen LogP contribution in [0.2, 0.25) is 0 Å². The molecule has 0 saturated heterocycles. The van der Waals surface area contributed by atoms with Crippen molar-refractivity contribution in [1.29, 1.82) is 0 Å². The second-order valence-electron chi connectivity index (χ2n) is 4.24. The zero-order chi connectivity index (χ0) is 13.0. The van der Waals surface area contributed by atoms with Crippen molar-refractivity contribution in [3.05, 3.63) is 55.1 Å². The van der Waals surface area contributed by atoms with Crippen LogP contribution in [0.15, 0.2) is 44.7 Å². The van der Waals surface area contributed by atoms with E-state index in [1.807, 2.05) is 18.2 Å². The molecule has 4 heteroatoms. The van der Waals surface area contributed by atoms with Gasteiger partial charge in [-0.15, -0.1) is 11.3 Å². The molecule has 1 unspecified atom stereocenters. The van der Waals surface area contributed by atoms with Crippen LogP contribution < -0.4 is 0 Å². The third kappa shape index (κ3) is 3.67. The minimum Gasteiger partial charge on any atom is -0.396 e. The fourth-order valence-electron chi connectivity index (χ4n) is 1.91. The molecule has 1 N–H and O–H groups in total. The average Bonchev–Trinajstić information content (AvgIpc) is 2.77. The highest BCUT2D eigenvalue weighted by Crippen LogP contribution is 2.27. The Morgan fingerprint density at radius 3 is 2.44 bits per heavy atom. The van der Waals surface area contributed by atoms with Crippen LogP contribution in [0.25, 0.3) is 0 Å². The summed E-state index contributed by atoms with van der Waals surface area (Å²) in [5, 5.41) is 11.6. The predicted molar refractivity (Wildman–Crippen MR) is 84.1 cm³/mol. The number of benzene rings is 1. The molecule has 0 radical (unpaired) electrons. The first-order chi connectivity index (χ1) is 8.70. The molecule has 1 aromatic carbocycles. The summed E-state index contributed by atoms with van der Waals surface area (Å²) < 4.78 is 2.27. The molecule has 0 saturated carbocycles. The zero-order valence-electron chi connectivity index (χ0n) is 9.77. The lowest BCUT2D eigenvalue weighted by Crippen LogP contribution is -2.12. The van der Waals surface area contributed by atoms with Gasteiger partial charge in [-0.3, -0.25) is 0 Å². The van der Waals surface area contributed by atoms with Crippen LogP contribution >= 0.6 is 43.2 Å². The number of rotatable bonds is 5. The molecule has 0 fully saturated rings. The Hall–Kier alpha value is -0.160. The molecule has 2 rings (SSSR count). The minimum atomic E-state index is 0.214. The molecule has 0 amide bonds. The topological polar surface area (TPSA) is 20.2 Å². The molecular formula is C14H14Br2OS. The van der Waals surface area contributed by atoms with Gasteiger partial charge >= 0.3 is 0 Å². The van der Waals surface area contributed by atoms with Crippen molar-refractivity contribution in [1.82, 2.24) is 0 Å². The molecule has 0 aliphatic carbocycles. The molecular weight excluding hydrogens is 376 g/mol. The van der Waals surface area contributed by atoms with E-state index in [0.29, 0.717) is 0 Å². The lowest BCUT2D eigenvalue weighted by molar-refractivity contribution is 0.225. The van der Waals surface area contributed by atoms with Gasteiger partial charge in [0, 0.05) is 20.4 Å². The highest BCUT2D eigenvalue weighted by molar-refractivity contribution is 9.10. The van der Waals surface area contributed by atoms with E-state index in [0.717, 1.165) is 21.8 Å². The van der Waals surface area contributed by atoms with E-state index in [1.165, 1.54) is 10.4 Å². The van der Waals surface area contributed by atoms with Gasteiger partial charge in [0.25, 0.3) is 0 Å². The minimum absolute atomic E-state index is 0.214. The highest BCUT2D eigenvalue weighted by atomic mass is 79.9. The van der Waals surface area contributed by atoms with Crippen LogP contribution in [0.4, 0.5) is 0 Å². The van der Waals surface area contributed by atoms with Gasteiger partial charge < -0.3 is 5.11 Å². The summed E-state index contributed by atoms with van der Waals surface area (Å²) in [5.74, 6) is 0.263. The van der Waals surface area contributed by atoms with Gasteiger partial charge in [0.05, 0.1) is 0 Å². The van der Waals surface area contributed by atoms with Gasteiger partial charge in [0.15, 0.2) is 0 Å². The molecule has 0 aliphatic heterocycles. The zero-order valence-corrected chi connectivity index (χ0v) is 13.8. The van der Waals surface area contributed by atoms with E-state index in [-0.39, 0.29) is 12.5 Å². The first-order valence-electron chi connectivity index (χ1n) is 5.77. The molecule has 1 atom stereocenters. The van der Waals surface area contributed by atoms with Crippen molar-refractivity contribution in [3.63, 3.8) is 0 Å². The Balaban J connectivity index is 2.06. The van der Waals surface area contributed by atoms with Crippen molar-refractivity contribution in [2.75, 3.05) is 6.61 Å². The largest absolute Gasteiger partial charge is 0.396 e. The maximum Gasteiger partial charge on any atom is 0.0465 e. The van der Waals surface area contributed by atoms with Crippen LogP contribution in [-0.2, 0) is 12.8 Å².